The molecule has 1 aromatic heterocycles. The van der Waals surface area contributed by atoms with E-state index in [9.17, 15) is 4.79 Å². The van der Waals surface area contributed by atoms with E-state index in [0.29, 0.717) is 19.5 Å². The molecular weight excluding hydrogens is 182 g/mol. The van der Waals surface area contributed by atoms with E-state index in [1.54, 1.807) is 11.9 Å². The lowest BCUT2D eigenvalue weighted by Gasteiger charge is -2.14. The standard InChI is InChI=1S/C9H15N3O2/c1-7-5-8(11-14-7)6-12(2)9(13)3-4-10/h5H,3-4,6,10H2,1-2H3. The summed E-state index contributed by atoms with van der Waals surface area (Å²) in [5.74, 6) is 0.771. The largest absolute Gasteiger partial charge is 0.361 e. The Morgan fingerprint density at radius 2 is 2.43 bits per heavy atom. The van der Waals surface area contributed by atoms with Gasteiger partial charge in [-0.3, -0.25) is 4.79 Å². The second kappa shape index (κ2) is 4.76. The van der Waals surface area contributed by atoms with Crippen molar-refractivity contribution in [3.05, 3.63) is 17.5 Å². The fourth-order valence-electron chi connectivity index (χ4n) is 1.14. The molecule has 0 aliphatic heterocycles. The molecule has 1 rings (SSSR count). The number of carbonyl (C=O) groups is 1. The van der Waals surface area contributed by atoms with Crippen LogP contribution < -0.4 is 5.73 Å². The number of hydrogen-bond acceptors (Lipinski definition) is 4. The van der Waals surface area contributed by atoms with Gasteiger partial charge in [-0.1, -0.05) is 5.16 Å². The minimum Gasteiger partial charge on any atom is -0.361 e. The van der Waals surface area contributed by atoms with Crippen LogP contribution in [-0.2, 0) is 11.3 Å². The predicted molar refractivity (Wildman–Crippen MR) is 51.4 cm³/mol. The molecule has 0 unspecified atom stereocenters. The second-order valence-electron chi connectivity index (χ2n) is 3.22. The Hall–Kier alpha value is -1.36. The van der Waals surface area contributed by atoms with Crippen LogP contribution in [0.25, 0.3) is 0 Å². The van der Waals surface area contributed by atoms with Crippen LogP contribution in [0.4, 0.5) is 0 Å². The van der Waals surface area contributed by atoms with Gasteiger partial charge in [0, 0.05) is 26.1 Å². The van der Waals surface area contributed by atoms with Gasteiger partial charge in [0.2, 0.25) is 5.91 Å². The molecule has 0 aliphatic carbocycles. The molecule has 0 bridgehead atoms. The van der Waals surface area contributed by atoms with Gasteiger partial charge in [-0.2, -0.15) is 0 Å². The van der Waals surface area contributed by atoms with Crippen molar-refractivity contribution in [3.63, 3.8) is 0 Å². The van der Waals surface area contributed by atoms with Gasteiger partial charge in [-0.05, 0) is 6.92 Å². The van der Waals surface area contributed by atoms with Crippen LogP contribution in [0.2, 0.25) is 0 Å². The highest BCUT2D eigenvalue weighted by atomic mass is 16.5. The maximum absolute atomic E-state index is 11.3. The molecule has 1 aromatic rings. The SMILES string of the molecule is Cc1cc(CN(C)C(=O)CCN)no1. The highest BCUT2D eigenvalue weighted by Crippen LogP contribution is 2.04. The molecule has 0 aromatic carbocycles. The Morgan fingerprint density at radius 3 is 2.93 bits per heavy atom. The summed E-state index contributed by atoms with van der Waals surface area (Å²) >= 11 is 0. The number of carbonyl (C=O) groups excluding carboxylic acids is 1. The summed E-state index contributed by atoms with van der Waals surface area (Å²) in [6.45, 7) is 2.66. The fraction of sp³-hybridized carbons (Fsp3) is 0.556. The minimum absolute atomic E-state index is 0.0214. The average Bonchev–Trinajstić information content (AvgIpc) is 2.51. The summed E-state index contributed by atoms with van der Waals surface area (Å²) < 4.78 is 4.89. The van der Waals surface area contributed by atoms with Gasteiger partial charge in [-0.25, -0.2) is 0 Å². The van der Waals surface area contributed by atoms with Gasteiger partial charge in [0.05, 0.1) is 6.54 Å². The Bertz CT molecular complexity index is 309. The Balaban J connectivity index is 2.48. The topological polar surface area (TPSA) is 72.4 Å². The summed E-state index contributed by atoms with van der Waals surface area (Å²) in [7, 11) is 1.72. The van der Waals surface area contributed by atoms with Crippen molar-refractivity contribution in [3.8, 4) is 0 Å². The zero-order valence-electron chi connectivity index (χ0n) is 8.49. The molecule has 0 aliphatic rings. The highest BCUT2D eigenvalue weighted by molar-refractivity contribution is 5.75. The van der Waals surface area contributed by atoms with Crippen molar-refractivity contribution in [2.75, 3.05) is 13.6 Å². The van der Waals surface area contributed by atoms with Gasteiger partial charge in [-0.15, -0.1) is 0 Å². The first-order chi connectivity index (χ1) is 6.63. The third kappa shape index (κ3) is 2.85. The van der Waals surface area contributed by atoms with E-state index < -0.39 is 0 Å². The van der Waals surface area contributed by atoms with Crippen LogP contribution in [0, 0.1) is 6.92 Å². The monoisotopic (exact) mass is 197 g/mol. The summed E-state index contributed by atoms with van der Waals surface area (Å²) in [5, 5.41) is 3.80. The first-order valence-corrected chi connectivity index (χ1v) is 4.49. The van der Waals surface area contributed by atoms with E-state index in [-0.39, 0.29) is 5.91 Å². The van der Waals surface area contributed by atoms with Crippen LogP contribution in [-0.4, -0.2) is 29.6 Å². The second-order valence-corrected chi connectivity index (χ2v) is 3.22. The number of aryl methyl sites for hydroxylation is 1. The normalized spacial score (nSPS) is 10.2. The van der Waals surface area contributed by atoms with Crippen LogP contribution in [0.1, 0.15) is 17.9 Å². The lowest BCUT2D eigenvalue weighted by Crippen LogP contribution is -2.28. The van der Waals surface area contributed by atoms with Gasteiger partial charge < -0.3 is 15.2 Å². The number of aromatic nitrogens is 1. The smallest absolute Gasteiger partial charge is 0.223 e. The van der Waals surface area contributed by atoms with Crippen molar-refractivity contribution < 1.29 is 9.32 Å². The third-order valence-corrected chi connectivity index (χ3v) is 1.86. The molecule has 1 amide bonds. The molecule has 0 saturated carbocycles. The average molecular weight is 197 g/mol. The van der Waals surface area contributed by atoms with Crippen LogP contribution in [0.5, 0.6) is 0 Å². The van der Waals surface area contributed by atoms with E-state index in [0.717, 1.165) is 11.5 Å². The maximum Gasteiger partial charge on any atom is 0.223 e. The van der Waals surface area contributed by atoms with E-state index >= 15 is 0 Å². The summed E-state index contributed by atoms with van der Waals surface area (Å²) in [6.07, 6.45) is 0.368. The van der Waals surface area contributed by atoms with Crippen molar-refractivity contribution in [2.45, 2.75) is 19.9 Å². The molecule has 0 radical (unpaired) electrons. The first-order valence-electron chi connectivity index (χ1n) is 4.49. The van der Waals surface area contributed by atoms with Gasteiger partial charge in [0.25, 0.3) is 0 Å². The van der Waals surface area contributed by atoms with Crippen molar-refractivity contribution in [1.82, 2.24) is 10.1 Å². The lowest BCUT2D eigenvalue weighted by atomic mass is 10.3. The molecule has 0 atom stereocenters. The van der Waals surface area contributed by atoms with Gasteiger partial charge in [0.15, 0.2) is 0 Å². The number of nitrogens with two attached hydrogens (primary N) is 1. The Kier molecular flexibility index (Phi) is 3.64. The van der Waals surface area contributed by atoms with E-state index in [1.165, 1.54) is 0 Å². The summed E-state index contributed by atoms with van der Waals surface area (Å²) in [6, 6.07) is 1.81. The summed E-state index contributed by atoms with van der Waals surface area (Å²) in [4.78, 5) is 12.9. The molecule has 5 nitrogen and oxygen atoms in total. The van der Waals surface area contributed by atoms with E-state index in [2.05, 4.69) is 5.16 Å². The Labute approximate surface area is 82.8 Å². The molecular formula is C9H15N3O2. The molecule has 0 spiro atoms. The van der Waals surface area contributed by atoms with Crippen LogP contribution in [0.3, 0.4) is 0 Å². The zero-order chi connectivity index (χ0) is 10.6. The molecule has 14 heavy (non-hydrogen) atoms. The maximum atomic E-state index is 11.3. The molecule has 2 N–H and O–H groups in total. The number of amides is 1. The van der Waals surface area contributed by atoms with Gasteiger partial charge in [0.1, 0.15) is 11.5 Å². The molecule has 1 heterocycles. The number of hydrogen-bond donors (Lipinski definition) is 1. The highest BCUT2D eigenvalue weighted by Gasteiger charge is 2.10. The predicted octanol–water partition coefficient (Wildman–Crippen LogP) is 0.290. The number of nitrogens with zero attached hydrogens (tertiary/aromatic N) is 2. The van der Waals surface area contributed by atoms with E-state index in [1.807, 2.05) is 13.0 Å². The fourth-order valence-corrected chi connectivity index (χ4v) is 1.14. The molecule has 0 saturated heterocycles. The number of rotatable bonds is 4. The van der Waals surface area contributed by atoms with Crippen molar-refractivity contribution >= 4 is 5.91 Å². The lowest BCUT2D eigenvalue weighted by molar-refractivity contribution is -0.130. The Morgan fingerprint density at radius 1 is 1.71 bits per heavy atom. The zero-order valence-corrected chi connectivity index (χ0v) is 8.49. The third-order valence-electron chi connectivity index (χ3n) is 1.86. The molecule has 0 fully saturated rings. The first kappa shape index (κ1) is 10.7. The van der Waals surface area contributed by atoms with Crippen LogP contribution in [0.15, 0.2) is 10.6 Å². The van der Waals surface area contributed by atoms with Crippen molar-refractivity contribution in [2.24, 2.45) is 5.73 Å². The molecule has 78 valence electrons. The van der Waals surface area contributed by atoms with Gasteiger partial charge >= 0.3 is 0 Å². The van der Waals surface area contributed by atoms with E-state index in [4.69, 9.17) is 10.3 Å². The van der Waals surface area contributed by atoms with Crippen LogP contribution >= 0.6 is 0 Å². The minimum atomic E-state index is 0.0214. The quantitative estimate of drug-likeness (QED) is 0.753. The molecule has 5 heteroatoms. The summed E-state index contributed by atoms with van der Waals surface area (Å²) in [5.41, 5.74) is 6.04. The van der Waals surface area contributed by atoms with Crippen molar-refractivity contribution in [1.29, 1.82) is 0 Å².